The minimum absolute atomic E-state index is 0. The molecule has 1 spiro atoms. The highest BCUT2D eigenvalue weighted by atomic mass is 35.5. The first kappa shape index (κ1) is 14.3. The van der Waals surface area contributed by atoms with E-state index in [0.717, 1.165) is 12.4 Å². The molecule has 0 atom stereocenters. The summed E-state index contributed by atoms with van der Waals surface area (Å²) in [5, 5.41) is 3.74. The molecule has 3 rings (SSSR count). The second kappa shape index (κ2) is 5.87. The summed E-state index contributed by atoms with van der Waals surface area (Å²) in [5.74, 6) is 0.960. The van der Waals surface area contributed by atoms with Crippen LogP contribution in [-0.4, -0.2) is 12.1 Å². The zero-order chi connectivity index (χ0) is 12.4. The Morgan fingerprint density at radius 3 is 2.74 bits per heavy atom. The van der Waals surface area contributed by atoms with Gasteiger partial charge in [-0.2, -0.15) is 0 Å². The van der Waals surface area contributed by atoms with Crippen LogP contribution in [0.15, 0.2) is 24.3 Å². The molecule has 2 aliphatic rings. The molecule has 1 saturated carbocycles. The zero-order valence-electron chi connectivity index (χ0n) is 11.4. The molecule has 104 valence electrons. The number of hydrogen-bond acceptors (Lipinski definition) is 2. The molecule has 0 saturated heterocycles. The van der Waals surface area contributed by atoms with E-state index in [2.05, 4.69) is 35.7 Å². The van der Waals surface area contributed by atoms with Gasteiger partial charge in [-0.05, 0) is 38.0 Å². The molecule has 19 heavy (non-hydrogen) atoms. The average molecular weight is 280 g/mol. The summed E-state index contributed by atoms with van der Waals surface area (Å²) in [6, 6.07) is 6.34. The number of halogens is 1. The fourth-order valence-electron chi connectivity index (χ4n) is 3.08. The second-order valence-electron chi connectivity index (χ2n) is 5.36. The molecule has 0 unspecified atom stereocenters. The van der Waals surface area contributed by atoms with Gasteiger partial charge in [-0.15, -0.1) is 12.4 Å². The Balaban J connectivity index is 0.00000133. The van der Waals surface area contributed by atoms with Crippen molar-refractivity contribution in [3.05, 3.63) is 29.8 Å². The fraction of sp³-hybridized carbons (Fsp3) is 0.500. The number of hydrogen-bond donors (Lipinski definition) is 1. The molecule has 1 N–H and O–H groups in total. The van der Waals surface area contributed by atoms with Gasteiger partial charge in [0.1, 0.15) is 5.75 Å². The van der Waals surface area contributed by atoms with Crippen LogP contribution in [0.25, 0.3) is 6.08 Å². The highest BCUT2D eigenvalue weighted by Crippen LogP contribution is 2.38. The van der Waals surface area contributed by atoms with Gasteiger partial charge in [-0.3, -0.25) is 0 Å². The SMILES string of the molecule is CCOc1ccc2c(c1)C=CC1(CCCCC1)N2.Cl. The molecule has 0 bridgehead atoms. The minimum atomic E-state index is 0. The second-order valence-corrected chi connectivity index (χ2v) is 5.36. The summed E-state index contributed by atoms with van der Waals surface area (Å²) in [5.41, 5.74) is 2.72. The summed E-state index contributed by atoms with van der Waals surface area (Å²) in [6.45, 7) is 2.74. The van der Waals surface area contributed by atoms with Crippen molar-refractivity contribution in [2.24, 2.45) is 0 Å². The lowest BCUT2D eigenvalue weighted by molar-refractivity contribution is 0.340. The van der Waals surface area contributed by atoms with E-state index in [9.17, 15) is 0 Å². The number of fused-ring (bicyclic) bond motifs is 1. The first-order valence-electron chi connectivity index (χ1n) is 7.06. The zero-order valence-corrected chi connectivity index (χ0v) is 12.3. The molecular formula is C16H22ClNO. The van der Waals surface area contributed by atoms with Gasteiger partial charge in [0.25, 0.3) is 0 Å². The number of rotatable bonds is 2. The van der Waals surface area contributed by atoms with Crippen LogP contribution in [0.1, 0.15) is 44.6 Å². The number of benzene rings is 1. The third kappa shape index (κ3) is 2.89. The molecule has 1 aromatic carbocycles. The van der Waals surface area contributed by atoms with E-state index in [1.165, 1.54) is 43.4 Å². The predicted octanol–water partition coefficient (Wildman–Crippen LogP) is 4.65. The Labute approximate surface area is 121 Å². The molecule has 1 aromatic rings. The fourth-order valence-corrected chi connectivity index (χ4v) is 3.08. The molecule has 1 fully saturated rings. The van der Waals surface area contributed by atoms with Gasteiger partial charge >= 0.3 is 0 Å². The van der Waals surface area contributed by atoms with Crippen LogP contribution in [-0.2, 0) is 0 Å². The Kier molecular flexibility index (Phi) is 4.41. The third-order valence-corrected chi connectivity index (χ3v) is 4.05. The van der Waals surface area contributed by atoms with Crippen LogP contribution in [0.4, 0.5) is 5.69 Å². The van der Waals surface area contributed by atoms with E-state index < -0.39 is 0 Å². The monoisotopic (exact) mass is 279 g/mol. The molecule has 0 radical (unpaired) electrons. The maximum Gasteiger partial charge on any atom is 0.120 e. The quantitative estimate of drug-likeness (QED) is 0.851. The highest BCUT2D eigenvalue weighted by Gasteiger charge is 2.31. The van der Waals surface area contributed by atoms with E-state index in [4.69, 9.17) is 4.74 Å². The minimum Gasteiger partial charge on any atom is -0.494 e. The predicted molar refractivity (Wildman–Crippen MR) is 83.3 cm³/mol. The first-order chi connectivity index (χ1) is 8.81. The average Bonchev–Trinajstić information content (AvgIpc) is 2.40. The maximum atomic E-state index is 5.55. The smallest absolute Gasteiger partial charge is 0.120 e. The summed E-state index contributed by atoms with van der Waals surface area (Å²) in [7, 11) is 0. The molecule has 1 heterocycles. The van der Waals surface area contributed by atoms with Gasteiger partial charge < -0.3 is 10.1 Å². The molecule has 1 aliphatic heterocycles. The Morgan fingerprint density at radius 1 is 1.21 bits per heavy atom. The standard InChI is InChI=1S/C16H21NO.ClH/c1-2-18-14-6-7-15-13(12-14)8-11-16(17-15)9-4-3-5-10-16;/h6-8,11-12,17H,2-5,9-10H2,1H3;1H. The van der Waals surface area contributed by atoms with Crippen LogP contribution in [0.3, 0.4) is 0 Å². The van der Waals surface area contributed by atoms with E-state index in [-0.39, 0.29) is 17.9 Å². The third-order valence-electron chi connectivity index (χ3n) is 4.05. The van der Waals surface area contributed by atoms with E-state index in [0.29, 0.717) is 0 Å². The van der Waals surface area contributed by atoms with Gasteiger partial charge in [-0.25, -0.2) is 0 Å². The topological polar surface area (TPSA) is 21.3 Å². The van der Waals surface area contributed by atoms with Crippen molar-refractivity contribution in [1.82, 2.24) is 0 Å². The van der Waals surface area contributed by atoms with Crippen molar-refractivity contribution in [2.45, 2.75) is 44.6 Å². The van der Waals surface area contributed by atoms with E-state index >= 15 is 0 Å². The van der Waals surface area contributed by atoms with E-state index in [1.807, 2.05) is 6.92 Å². The summed E-state index contributed by atoms with van der Waals surface area (Å²) < 4.78 is 5.55. The van der Waals surface area contributed by atoms with Gasteiger partial charge in [0.15, 0.2) is 0 Å². The molecule has 1 aliphatic carbocycles. The van der Waals surface area contributed by atoms with Crippen molar-refractivity contribution in [1.29, 1.82) is 0 Å². The van der Waals surface area contributed by atoms with Crippen LogP contribution >= 0.6 is 12.4 Å². The van der Waals surface area contributed by atoms with Crippen LogP contribution < -0.4 is 10.1 Å². The highest BCUT2D eigenvalue weighted by molar-refractivity contribution is 5.85. The molecule has 2 nitrogen and oxygen atoms in total. The molecular weight excluding hydrogens is 258 g/mol. The summed E-state index contributed by atoms with van der Waals surface area (Å²) in [4.78, 5) is 0. The number of nitrogens with one attached hydrogen (secondary N) is 1. The number of anilines is 1. The summed E-state index contributed by atoms with van der Waals surface area (Å²) >= 11 is 0. The van der Waals surface area contributed by atoms with E-state index in [1.54, 1.807) is 0 Å². The van der Waals surface area contributed by atoms with Gasteiger partial charge in [-0.1, -0.05) is 31.4 Å². The normalized spacial score (nSPS) is 19.2. The lowest BCUT2D eigenvalue weighted by Gasteiger charge is -2.39. The van der Waals surface area contributed by atoms with Crippen LogP contribution in [0.2, 0.25) is 0 Å². The van der Waals surface area contributed by atoms with Gasteiger partial charge in [0.05, 0.1) is 12.1 Å². The Bertz CT molecular complexity index is 464. The van der Waals surface area contributed by atoms with Crippen molar-refractivity contribution in [3.8, 4) is 5.75 Å². The van der Waals surface area contributed by atoms with Crippen molar-refractivity contribution >= 4 is 24.2 Å². The molecule has 3 heteroatoms. The van der Waals surface area contributed by atoms with Crippen LogP contribution in [0, 0.1) is 0 Å². The van der Waals surface area contributed by atoms with Crippen molar-refractivity contribution in [3.63, 3.8) is 0 Å². The van der Waals surface area contributed by atoms with Crippen molar-refractivity contribution in [2.75, 3.05) is 11.9 Å². The maximum absolute atomic E-state index is 5.55. The summed E-state index contributed by atoms with van der Waals surface area (Å²) in [6.07, 6.45) is 11.2. The van der Waals surface area contributed by atoms with Gasteiger partial charge in [0.2, 0.25) is 0 Å². The lowest BCUT2D eigenvalue weighted by atomic mass is 9.79. The largest absolute Gasteiger partial charge is 0.494 e. The number of ether oxygens (including phenoxy) is 1. The van der Waals surface area contributed by atoms with Gasteiger partial charge in [0, 0.05) is 11.3 Å². The van der Waals surface area contributed by atoms with Crippen molar-refractivity contribution < 1.29 is 4.74 Å². The molecule has 0 aromatic heterocycles. The van der Waals surface area contributed by atoms with Crippen LogP contribution in [0.5, 0.6) is 5.75 Å². The Morgan fingerprint density at radius 2 is 2.00 bits per heavy atom. The molecule has 0 amide bonds. The lowest BCUT2D eigenvalue weighted by Crippen LogP contribution is -2.39. The Hall–Kier alpha value is -1.15. The first-order valence-corrected chi connectivity index (χ1v) is 7.06.